The van der Waals surface area contributed by atoms with Crippen LogP contribution in [0.4, 0.5) is 17.1 Å². The van der Waals surface area contributed by atoms with Gasteiger partial charge in [-0.25, -0.2) is 0 Å². The highest BCUT2D eigenvalue weighted by molar-refractivity contribution is 5.96. The Morgan fingerprint density at radius 3 is 2.52 bits per heavy atom. The Morgan fingerprint density at radius 2 is 1.85 bits per heavy atom. The monoisotopic (exact) mass is 369 g/mol. The zero-order chi connectivity index (χ0) is 19.4. The molecule has 140 valence electrons. The number of nitro benzene ring substituents is 1. The largest absolute Gasteiger partial charge is 0.481 e. The van der Waals surface area contributed by atoms with E-state index in [2.05, 4.69) is 10.6 Å². The van der Waals surface area contributed by atoms with Crippen molar-refractivity contribution >= 4 is 28.9 Å². The fraction of sp³-hybridized carbons (Fsp3) is 0.263. The number of carbonyl (C=O) groups is 2. The summed E-state index contributed by atoms with van der Waals surface area (Å²) in [5.74, 6) is -2.07. The second kappa shape index (κ2) is 7.86. The predicted octanol–water partition coefficient (Wildman–Crippen LogP) is 3.32. The van der Waals surface area contributed by atoms with Crippen LogP contribution in [0.15, 0.2) is 48.5 Å². The molecule has 3 N–H and O–H groups in total. The zero-order valence-corrected chi connectivity index (χ0v) is 14.4. The SMILES string of the molecule is O=C(N[C@H]1CCC[C@H]1C(=O)O)c1ccc(Nc2ccccc2)c([N+](=O)[O-])c1. The fourth-order valence-corrected chi connectivity index (χ4v) is 3.29. The summed E-state index contributed by atoms with van der Waals surface area (Å²) in [6, 6.07) is 12.7. The zero-order valence-electron chi connectivity index (χ0n) is 14.4. The van der Waals surface area contributed by atoms with Crippen molar-refractivity contribution in [3.63, 3.8) is 0 Å². The fourth-order valence-electron chi connectivity index (χ4n) is 3.29. The van der Waals surface area contributed by atoms with Crippen molar-refractivity contribution in [1.82, 2.24) is 5.32 Å². The third-order valence-corrected chi connectivity index (χ3v) is 4.66. The van der Waals surface area contributed by atoms with Gasteiger partial charge in [-0.3, -0.25) is 19.7 Å². The molecule has 1 amide bonds. The summed E-state index contributed by atoms with van der Waals surface area (Å²) < 4.78 is 0. The number of nitrogens with zero attached hydrogens (tertiary/aromatic N) is 1. The normalized spacial score (nSPS) is 18.7. The minimum atomic E-state index is -0.939. The molecule has 0 saturated heterocycles. The van der Waals surface area contributed by atoms with E-state index in [4.69, 9.17) is 0 Å². The van der Waals surface area contributed by atoms with Crippen LogP contribution in [0.2, 0.25) is 0 Å². The van der Waals surface area contributed by atoms with Gasteiger partial charge in [-0.2, -0.15) is 0 Å². The average Bonchev–Trinajstić information content (AvgIpc) is 3.11. The Hall–Kier alpha value is -3.42. The van der Waals surface area contributed by atoms with Crippen LogP contribution in [-0.2, 0) is 4.79 Å². The van der Waals surface area contributed by atoms with Gasteiger partial charge in [-0.05, 0) is 37.1 Å². The molecule has 1 saturated carbocycles. The lowest BCUT2D eigenvalue weighted by Crippen LogP contribution is -2.40. The van der Waals surface area contributed by atoms with E-state index in [0.29, 0.717) is 18.5 Å². The van der Waals surface area contributed by atoms with Gasteiger partial charge >= 0.3 is 5.97 Å². The van der Waals surface area contributed by atoms with Crippen molar-refractivity contribution < 1.29 is 19.6 Å². The third-order valence-electron chi connectivity index (χ3n) is 4.66. The number of hydrogen-bond donors (Lipinski definition) is 3. The van der Waals surface area contributed by atoms with Crippen LogP contribution in [0.5, 0.6) is 0 Å². The van der Waals surface area contributed by atoms with Crippen LogP contribution >= 0.6 is 0 Å². The number of para-hydroxylation sites is 1. The number of carboxylic acids is 1. The number of nitrogens with one attached hydrogen (secondary N) is 2. The predicted molar refractivity (Wildman–Crippen MR) is 99.1 cm³/mol. The number of carbonyl (C=O) groups excluding carboxylic acids is 1. The Balaban J connectivity index is 1.80. The van der Waals surface area contributed by atoms with Gasteiger partial charge < -0.3 is 15.7 Å². The molecule has 8 nitrogen and oxygen atoms in total. The van der Waals surface area contributed by atoms with Crippen molar-refractivity contribution in [1.29, 1.82) is 0 Å². The summed E-state index contributed by atoms with van der Waals surface area (Å²) in [6.07, 6.45) is 1.82. The molecule has 2 atom stereocenters. The van der Waals surface area contributed by atoms with E-state index in [9.17, 15) is 24.8 Å². The van der Waals surface area contributed by atoms with Gasteiger partial charge in [0.15, 0.2) is 0 Å². The van der Waals surface area contributed by atoms with E-state index < -0.39 is 28.8 Å². The molecule has 1 aliphatic carbocycles. The van der Waals surface area contributed by atoms with E-state index >= 15 is 0 Å². The number of anilines is 2. The van der Waals surface area contributed by atoms with Gasteiger partial charge in [-0.15, -0.1) is 0 Å². The van der Waals surface area contributed by atoms with Crippen LogP contribution in [0.3, 0.4) is 0 Å². The number of hydrogen-bond acceptors (Lipinski definition) is 5. The van der Waals surface area contributed by atoms with E-state index in [1.54, 1.807) is 24.3 Å². The topological polar surface area (TPSA) is 122 Å². The number of carboxylic acid groups (broad SMARTS) is 1. The summed E-state index contributed by atoms with van der Waals surface area (Å²) in [5, 5.41) is 26.3. The van der Waals surface area contributed by atoms with E-state index in [-0.39, 0.29) is 16.9 Å². The summed E-state index contributed by atoms with van der Waals surface area (Å²) in [7, 11) is 0. The standard InChI is InChI=1S/C19H19N3O5/c23-18(21-15-8-4-7-14(15)19(24)25)12-9-10-16(17(11-12)22(26)27)20-13-5-2-1-3-6-13/h1-3,5-6,9-11,14-15,20H,4,7-8H2,(H,21,23)(H,24,25)/t14-,15+/m1/s1. The minimum Gasteiger partial charge on any atom is -0.481 e. The molecule has 0 aliphatic heterocycles. The summed E-state index contributed by atoms with van der Waals surface area (Å²) in [4.78, 5) is 34.6. The molecule has 1 aliphatic rings. The molecular weight excluding hydrogens is 350 g/mol. The molecule has 2 aromatic rings. The van der Waals surface area contributed by atoms with Crippen LogP contribution in [0.25, 0.3) is 0 Å². The van der Waals surface area contributed by atoms with Crippen molar-refractivity contribution in [3.05, 3.63) is 64.2 Å². The van der Waals surface area contributed by atoms with Gasteiger partial charge in [0.25, 0.3) is 11.6 Å². The first-order valence-corrected chi connectivity index (χ1v) is 8.60. The summed E-state index contributed by atoms with van der Waals surface area (Å²) in [6.45, 7) is 0. The lowest BCUT2D eigenvalue weighted by Gasteiger charge is -2.17. The molecule has 27 heavy (non-hydrogen) atoms. The number of rotatable bonds is 6. The molecular formula is C19H19N3O5. The lowest BCUT2D eigenvalue weighted by atomic mass is 10.0. The first-order valence-electron chi connectivity index (χ1n) is 8.60. The number of aliphatic carboxylic acids is 1. The molecule has 1 fully saturated rings. The molecule has 0 aromatic heterocycles. The van der Waals surface area contributed by atoms with Crippen molar-refractivity contribution in [2.45, 2.75) is 25.3 Å². The van der Waals surface area contributed by atoms with Gasteiger partial charge in [0.1, 0.15) is 5.69 Å². The van der Waals surface area contributed by atoms with E-state index in [1.165, 1.54) is 18.2 Å². The maximum absolute atomic E-state index is 12.5. The van der Waals surface area contributed by atoms with Crippen LogP contribution < -0.4 is 10.6 Å². The smallest absolute Gasteiger partial charge is 0.308 e. The average molecular weight is 369 g/mol. The second-order valence-electron chi connectivity index (χ2n) is 6.44. The first kappa shape index (κ1) is 18.4. The van der Waals surface area contributed by atoms with Gasteiger partial charge in [-0.1, -0.05) is 24.6 Å². The molecule has 0 heterocycles. The third kappa shape index (κ3) is 4.22. The highest BCUT2D eigenvalue weighted by atomic mass is 16.6. The second-order valence-corrected chi connectivity index (χ2v) is 6.44. The number of benzene rings is 2. The molecule has 2 aromatic carbocycles. The highest BCUT2D eigenvalue weighted by Gasteiger charge is 2.34. The molecule has 8 heteroatoms. The van der Waals surface area contributed by atoms with Crippen LogP contribution in [-0.4, -0.2) is 27.9 Å². The highest BCUT2D eigenvalue weighted by Crippen LogP contribution is 2.30. The van der Waals surface area contributed by atoms with Crippen LogP contribution in [0, 0.1) is 16.0 Å². The molecule has 0 radical (unpaired) electrons. The van der Waals surface area contributed by atoms with E-state index in [0.717, 1.165) is 6.42 Å². The van der Waals surface area contributed by atoms with Crippen molar-refractivity contribution in [3.8, 4) is 0 Å². The lowest BCUT2D eigenvalue weighted by molar-refractivity contribution is -0.383. The Kier molecular flexibility index (Phi) is 5.35. The van der Waals surface area contributed by atoms with Gasteiger partial charge in [0.2, 0.25) is 0 Å². The maximum atomic E-state index is 12.5. The summed E-state index contributed by atoms with van der Waals surface area (Å²) in [5.41, 5.74) is 0.851. The minimum absolute atomic E-state index is 0.122. The Bertz CT molecular complexity index is 869. The van der Waals surface area contributed by atoms with Crippen molar-refractivity contribution in [2.75, 3.05) is 5.32 Å². The molecule has 0 bridgehead atoms. The maximum Gasteiger partial charge on any atom is 0.308 e. The van der Waals surface area contributed by atoms with Crippen LogP contribution in [0.1, 0.15) is 29.6 Å². The molecule has 0 unspecified atom stereocenters. The van der Waals surface area contributed by atoms with Gasteiger partial charge in [0.05, 0.1) is 10.8 Å². The van der Waals surface area contributed by atoms with E-state index in [1.807, 2.05) is 6.07 Å². The quantitative estimate of drug-likeness (QED) is 0.530. The van der Waals surface area contributed by atoms with Gasteiger partial charge in [0, 0.05) is 23.4 Å². The van der Waals surface area contributed by atoms with Crippen molar-refractivity contribution in [2.24, 2.45) is 5.92 Å². The first-order chi connectivity index (χ1) is 13.0. The summed E-state index contributed by atoms with van der Waals surface area (Å²) >= 11 is 0. The number of amides is 1. The molecule has 3 rings (SSSR count). The number of nitro groups is 1. The molecule has 0 spiro atoms. The Morgan fingerprint density at radius 1 is 1.11 bits per heavy atom. The Labute approximate surface area is 155 Å².